The number of nitrogens with one attached hydrogen (secondary N) is 1. The van der Waals surface area contributed by atoms with Crippen molar-refractivity contribution < 1.29 is 14.3 Å². The van der Waals surface area contributed by atoms with Crippen LogP contribution in [0.4, 0.5) is 5.69 Å². The summed E-state index contributed by atoms with van der Waals surface area (Å²) in [6.45, 7) is 8.55. The van der Waals surface area contributed by atoms with Crippen molar-refractivity contribution in [1.29, 1.82) is 0 Å². The number of carbonyl (C=O) groups is 1. The molecule has 2 fully saturated rings. The van der Waals surface area contributed by atoms with Crippen LogP contribution in [0.1, 0.15) is 52.4 Å². The molecule has 0 radical (unpaired) electrons. The van der Waals surface area contributed by atoms with Crippen molar-refractivity contribution in [3.63, 3.8) is 0 Å². The number of anilines is 1. The van der Waals surface area contributed by atoms with Gasteiger partial charge in [0.05, 0.1) is 0 Å². The van der Waals surface area contributed by atoms with Gasteiger partial charge in [-0.25, -0.2) is 0 Å². The van der Waals surface area contributed by atoms with Gasteiger partial charge in [0.25, 0.3) is 5.91 Å². The molecule has 1 aromatic carbocycles. The van der Waals surface area contributed by atoms with Crippen LogP contribution in [-0.4, -0.2) is 49.8 Å². The zero-order valence-corrected chi connectivity index (χ0v) is 17.7. The lowest BCUT2D eigenvalue weighted by molar-refractivity contribution is -0.143. The number of benzene rings is 1. The van der Waals surface area contributed by atoms with E-state index in [0.717, 1.165) is 43.2 Å². The maximum Gasteiger partial charge on any atom is 0.256 e. The fourth-order valence-corrected chi connectivity index (χ4v) is 4.45. The summed E-state index contributed by atoms with van der Waals surface area (Å²) in [4.78, 5) is 15.3. The molecule has 0 spiro atoms. The Bertz CT molecular complexity index is 625. The van der Waals surface area contributed by atoms with E-state index in [0.29, 0.717) is 12.5 Å². The first-order chi connectivity index (χ1) is 13.5. The first-order valence-corrected chi connectivity index (χ1v) is 10.8. The average molecular weight is 389 g/mol. The van der Waals surface area contributed by atoms with E-state index < -0.39 is 5.60 Å². The Morgan fingerprint density at radius 2 is 1.86 bits per heavy atom. The van der Waals surface area contributed by atoms with Gasteiger partial charge in [-0.3, -0.25) is 9.69 Å². The number of amides is 1. The number of nitrogens with zero attached hydrogens (tertiary/aromatic N) is 1. The Morgan fingerprint density at radius 3 is 2.50 bits per heavy atom. The molecule has 1 saturated heterocycles. The van der Waals surface area contributed by atoms with E-state index in [-0.39, 0.29) is 5.91 Å². The highest BCUT2D eigenvalue weighted by molar-refractivity contribution is 5.97. The third kappa shape index (κ3) is 5.48. The summed E-state index contributed by atoms with van der Waals surface area (Å²) in [5.74, 6) is 2.18. The first kappa shape index (κ1) is 21.1. The lowest BCUT2D eigenvalue weighted by Crippen LogP contribution is -2.47. The number of ether oxygens (including phenoxy) is 2. The van der Waals surface area contributed by atoms with Gasteiger partial charge < -0.3 is 14.8 Å². The number of carbonyl (C=O) groups excluding carboxylic acids is 1. The molecule has 156 valence electrons. The topological polar surface area (TPSA) is 50.8 Å². The summed E-state index contributed by atoms with van der Waals surface area (Å²) in [5, 5.41) is 3.04. The molecule has 5 nitrogen and oxygen atoms in total. The predicted molar refractivity (Wildman–Crippen MR) is 113 cm³/mol. The van der Waals surface area contributed by atoms with Crippen LogP contribution in [0.5, 0.6) is 5.75 Å². The van der Waals surface area contributed by atoms with Gasteiger partial charge >= 0.3 is 0 Å². The van der Waals surface area contributed by atoms with Crippen LogP contribution in [0.3, 0.4) is 0 Å². The van der Waals surface area contributed by atoms with Crippen molar-refractivity contribution in [3.05, 3.63) is 24.3 Å². The van der Waals surface area contributed by atoms with Gasteiger partial charge in [-0.15, -0.1) is 0 Å². The highest BCUT2D eigenvalue weighted by Crippen LogP contribution is 2.35. The molecule has 1 N–H and O–H groups in total. The Morgan fingerprint density at radius 1 is 1.14 bits per heavy atom. The number of likely N-dealkylation sites (tertiary alicyclic amines) is 1. The molecular weight excluding hydrogens is 352 g/mol. The monoisotopic (exact) mass is 388 g/mol. The first-order valence-electron chi connectivity index (χ1n) is 10.8. The van der Waals surface area contributed by atoms with Crippen LogP contribution in [0, 0.1) is 11.8 Å². The molecule has 1 aliphatic heterocycles. The molecule has 0 aromatic heterocycles. The van der Waals surface area contributed by atoms with Gasteiger partial charge in [0, 0.05) is 19.3 Å². The van der Waals surface area contributed by atoms with E-state index in [1.165, 1.54) is 32.4 Å². The molecule has 0 bridgehead atoms. The average Bonchev–Trinajstić information content (AvgIpc) is 2.70. The van der Waals surface area contributed by atoms with Gasteiger partial charge in [-0.1, -0.05) is 20.3 Å². The minimum absolute atomic E-state index is 0.0328. The fraction of sp³-hybridized carbons (Fsp3) is 0.696. The Hall–Kier alpha value is -1.59. The van der Waals surface area contributed by atoms with Crippen molar-refractivity contribution in [1.82, 2.24) is 4.90 Å². The molecule has 2 aliphatic rings. The molecule has 0 unspecified atom stereocenters. The molecule has 5 heteroatoms. The smallest absolute Gasteiger partial charge is 0.256 e. The largest absolute Gasteiger partial charge is 0.492 e. The summed E-state index contributed by atoms with van der Waals surface area (Å²) >= 11 is 0. The minimum Gasteiger partial charge on any atom is -0.492 e. The molecule has 2 atom stereocenters. The number of methoxy groups -OCH3 is 1. The van der Waals surface area contributed by atoms with Gasteiger partial charge in [0.1, 0.15) is 18.0 Å². The zero-order valence-electron chi connectivity index (χ0n) is 17.7. The SMILES string of the molecule is CO[C@@]1(C(=O)Nc2ccc(OCCN3CCC(C)CC3)cc2)CCC[C@H](C)C1. The van der Waals surface area contributed by atoms with Gasteiger partial charge in [0.2, 0.25) is 0 Å². The van der Waals surface area contributed by atoms with Crippen molar-refractivity contribution in [2.75, 3.05) is 38.7 Å². The predicted octanol–water partition coefficient (Wildman–Crippen LogP) is 4.33. The number of rotatable bonds is 7. The zero-order chi connectivity index (χ0) is 20.0. The van der Waals surface area contributed by atoms with Crippen LogP contribution < -0.4 is 10.1 Å². The summed E-state index contributed by atoms with van der Waals surface area (Å²) in [7, 11) is 1.65. The summed E-state index contributed by atoms with van der Waals surface area (Å²) < 4.78 is 11.6. The molecule has 1 heterocycles. The van der Waals surface area contributed by atoms with Crippen LogP contribution in [0.2, 0.25) is 0 Å². The number of hydrogen-bond donors (Lipinski definition) is 1. The van der Waals surface area contributed by atoms with Gasteiger partial charge in [0.15, 0.2) is 0 Å². The van der Waals surface area contributed by atoms with Crippen molar-refractivity contribution >= 4 is 11.6 Å². The quantitative estimate of drug-likeness (QED) is 0.755. The second-order valence-electron chi connectivity index (χ2n) is 8.75. The summed E-state index contributed by atoms with van der Waals surface area (Å²) in [5.41, 5.74) is 0.0933. The lowest BCUT2D eigenvalue weighted by atomic mass is 9.78. The Balaban J connectivity index is 1.46. The Kier molecular flexibility index (Phi) is 7.36. The lowest BCUT2D eigenvalue weighted by Gasteiger charge is -2.37. The summed E-state index contributed by atoms with van der Waals surface area (Å²) in [6, 6.07) is 7.67. The second kappa shape index (κ2) is 9.75. The van der Waals surface area contributed by atoms with Crippen molar-refractivity contribution in [2.45, 2.75) is 58.0 Å². The maximum atomic E-state index is 12.8. The van der Waals surface area contributed by atoms with E-state index in [1.54, 1.807) is 7.11 Å². The van der Waals surface area contributed by atoms with E-state index >= 15 is 0 Å². The van der Waals surface area contributed by atoms with E-state index in [1.807, 2.05) is 24.3 Å². The number of piperidine rings is 1. The number of hydrogen-bond acceptors (Lipinski definition) is 4. The molecule has 1 saturated carbocycles. The fourth-order valence-electron chi connectivity index (χ4n) is 4.45. The molecule has 28 heavy (non-hydrogen) atoms. The molecule has 1 aliphatic carbocycles. The Labute approximate surface area is 169 Å². The van der Waals surface area contributed by atoms with Crippen molar-refractivity contribution in [3.8, 4) is 5.75 Å². The normalized spacial score (nSPS) is 26.8. The standard InChI is InChI=1S/C23H36N2O3/c1-18-10-13-25(14-11-18)15-16-28-21-8-6-20(7-9-21)24-22(26)23(27-3)12-4-5-19(2)17-23/h6-9,18-19H,4-5,10-17H2,1-3H3,(H,24,26)/t19-,23-/m0/s1. The van der Waals surface area contributed by atoms with Crippen LogP contribution in [-0.2, 0) is 9.53 Å². The molecule has 1 aromatic rings. The third-order valence-corrected chi connectivity index (χ3v) is 6.42. The van der Waals surface area contributed by atoms with Gasteiger partial charge in [-0.05, 0) is 81.3 Å². The van der Waals surface area contributed by atoms with Gasteiger partial charge in [-0.2, -0.15) is 0 Å². The van der Waals surface area contributed by atoms with E-state index in [2.05, 4.69) is 24.1 Å². The second-order valence-corrected chi connectivity index (χ2v) is 8.75. The molecule has 1 amide bonds. The summed E-state index contributed by atoms with van der Waals surface area (Å²) in [6.07, 6.45) is 6.35. The van der Waals surface area contributed by atoms with Crippen LogP contribution >= 0.6 is 0 Å². The van der Waals surface area contributed by atoms with Crippen LogP contribution in [0.25, 0.3) is 0 Å². The van der Waals surface area contributed by atoms with E-state index in [4.69, 9.17) is 9.47 Å². The highest BCUT2D eigenvalue weighted by Gasteiger charge is 2.41. The molecule has 3 rings (SSSR count). The van der Waals surface area contributed by atoms with Crippen molar-refractivity contribution in [2.24, 2.45) is 11.8 Å². The third-order valence-electron chi connectivity index (χ3n) is 6.42. The maximum absolute atomic E-state index is 12.8. The van der Waals surface area contributed by atoms with E-state index in [9.17, 15) is 4.79 Å². The minimum atomic E-state index is -0.696. The van der Waals surface area contributed by atoms with Crippen LogP contribution in [0.15, 0.2) is 24.3 Å². The highest BCUT2D eigenvalue weighted by atomic mass is 16.5. The molecular formula is C23H36N2O3.